The number of ether oxygens (including phenoxy) is 1. The van der Waals surface area contributed by atoms with Crippen LogP contribution in [0.4, 0.5) is 0 Å². The highest BCUT2D eigenvalue weighted by Crippen LogP contribution is 2.36. The van der Waals surface area contributed by atoms with Crippen LogP contribution in [0.15, 0.2) is 35.7 Å². The summed E-state index contributed by atoms with van der Waals surface area (Å²) in [6.45, 7) is 4.64. The molecule has 2 heterocycles. The van der Waals surface area contributed by atoms with Gasteiger partial charge in [0.25, 0.3) is 0 Å². The molecule has 0 atom stereocenters. The van der Waals surface area contributed by atoms with E-state index in [9.17, 15) is 9.90 Å². The van der Waals surface area contributed by atoms with Gasteiger partial charge in [-0.15, -0.1) is 11.3 Å². The fraction of sp³-hybridized carbons (Fsp3) is 0.476. The maximum atomic E-state index is 11.5. The second-order valence-electron chi connectivity index (χ2n) is 7.34. The lowest BCUT2D eigenvalue weighted by atomic mass is 9.74. The number of thiophene rings is 1. The zero-order valence-corrected chi connectivity index (χ0v) is 16.3. The minimum absolute atomic E-state index is 0.0535. The average molecular weight is 374 g/mol. The number of hydrogen-bond acceptors (Lipinski definition) is 5. The van der Waals surface area contributed by atoms with E-state index in [1.807, 2.05) is 18.2 Å². The minimum Gasteiger partial charge on any atom is -0.497 e. The van der Waals surface area contributed by atoms with E-state index in [-0.39, 0.29) is 17.8 Å². The van der Waals surface area contributed by atoms with Crippen molar-refractivity contribution >= 4 is 17.1 Å². The molecule has 26 heavy (non-hydrogen) atoms. The number of piperidine rings is 1. The average Bonchev–Trinajstić information content (AvgIpc) is 3.12. The van der Waals surface area contributed by atoms with Crippen LogP contribution in [-0.2, 0) is 13.0 Å². The molecular weight excluding hydrogens is 346 g/mol. The molecule has 1 aliphatic heterocycles. The Morgan fingerprint density at radius 2 is 2.04 bits per heavy atom. The number of likely N-dealkylation sites (tertiary alicyclic amines) is 1. The Labute approximate surface area is 159 Å². The van der Waals surface area contributed by atoms with Crippen LogP contribution >= 0.6 is 11.3 Å². The van der Waals surface area contributed by atoms with Crippen molar-refractivity contribution in [2.45, 2.75) is 32.7 Å². The molecule has 0 bridgehead atoms. The lowest BCUT2D eigenvalue weighted by Gasteiger charge is -2.41. The Morgan fingerprint density at radius 3 is 2.65 bits per heavy atom. The summed E-state index contributed by atoms with van der Waals surface area (Å²) in [4.78, 5) is 14.7. The number of carbonyl (C=O) groups is 1. The highest BCUT2D eigenvalue weighted by atomic mass is 32.1. The largest absolute Gasteiger partial charge is 0.497 e. The number of aliphatic hydroxyl groups excluding tert-OH is 1. The summed E-state index contributed by atoms with van der Waals surface area (Å²) >= 11 is 1.53. The maximum absolute atomic E-state index is 11.5. The monoisotopic (exact) mass is 373 g/mol. The summed E-state index contributed by atoms with van der Waals surface area (Å²) in [5.41, 5.74) is 2.38. The predicted octanol–water partition coefficient (Wildman–Crippen LogP) is 3.78. The number of Topliss-reactive ketones (excluding diaryl/α,β-unsaturated/α-hetero) is 1. The van der Waals surface area contributed by atoms with Crippen LogP contribution in [0.2, 0.25) is 0 Å². The lowest BCUT2D eigenvalue weighted by Crippen LogP contribution is -2.42. The molecule has 1 saturated heterocycles. The van der Waals surface area contributed by atoms with Gasteiger partial charge < -0.3 is 9.84 Å². The first kappa shape index (κ1) is 19.1. The van der Waals surface area contributed by atoms with Crippen molar-refractivity contribution in [2.24, 2.45) is 5.41 Å². The van der Waals surface area contributed by atoms with Crippen LogP contribution in [0, 0.1) is 5.41 Å². The normalized spacial score (nSPS) is 17.2. The van der Waals surface area contributed by atoms with E-state index in [1.54, 1.807) is 14.0 Å². The minimum atomic E-state index is -0.0535. The molecule has 0 radical (unpaired) electrons. The van der Waals surface area contributed by atoms with Crippen molar-refractivity contribution < 1.29 is 14.6 Å². The fourth-order valence-electron chi connectivity index (χ4n) is 3.69. The first-order valence-corrected chi connectivity index (χ1v) is 9.96. The van der Waals surface area contributed by atoms with E-state index in [2.05, 4.69) is 22.4 Å². The van der Waals surface area contributed by atoms with Gasteiger partial charge in [-0.1, -0.05) is 12.1 Å². The number of rotatable bonds is 7. The Bertz CT molecular complexity index is 747. The number of hydrogen-bond donors (Lipinski definition) is 1. The molecule has 3 rings (SSSR count). The molecule has 0 saturated carbocycles. The van der Waals surface area contributed by atoms with Crippen LogP contribution in [0.1, 0.15) is 40.6 Å². The van der Waals surface area contributed by atoms with E-state index in [0.29, 0.717) is 0 Å². The molecule has 0 unspecified atom stereocenters. The smallest absolute Gasteiger partial charge is 0.169 e. The Hall–Kier alpha value is -1.69. The van der Waals surface area contributed by atoms with Crippen molar-refractivity contribution in [3.05, 3.63) is 51.7 Å². The zero-order chi connectivity index (χ0) is 18.6. The van der Waals surface area contributed by atoms with E-state index in [1.165, 1.54) is 22.5 Å². The molecule has 4 nitrogen and oxygen atoms in total. The third-order valence-corrected chi connectivity index (χ3v) is 6.45. The first-order valence-electron chi connectivity index (χ1n) is 9.08. The molecule has 1 N–H and O–H groups in total. The van der Waals surface area contributed by atoms with E-state index >= 15 is 0 Å². The molecule has 0 spiro atoms. The molecule has 1 aromatic heterocycles. The summed E-state index contributed by atoms with van der Waals surface area (Å²) in [5, 5.41) is 12.2. The number of aliphatic hydroxyl groups is 1. The quantitative estimate of drug-likeness (QED) is 0.751. The lowest BCUT2D eigenvalue weighted by molar-refractivity contribution is 0.0414. The first-order chi connectivity index (χ1) is 12.5. The van der Waals surface area contributed by atoms with Gasteiger partial charge in [0.1, 0.15) is 5.75 Å². The third-order valence-electron chi connectivity index (χ3n) is 5.37. The van der Waals surface area contributed by atoms with E-state index in [4.69, 9.17) is 4.74 Å². The van der Waals surface area contributed by atoms with Gasteiger partial charge in [-0.2, -0.15) is 0 Å². The van der Waals surface area contributed by atoms with Gasteiger partial charge in [0.05, 0.1) is 12.0 Å². The Balaban J connectivity index is 1.60. The summed E-state index contributed by atoms with van der Waals surface area (Å²) in [5.74, 6) is 1.00. The topological polar surface area (TPSA) is 49.8 Å². The van der Waals surface area contributed by atoms with Crippen molar-refractivity contribution in [2.75, 3.05) is 26.8 Å². The van der Waals surface area contributed by atoms with Gasteiger partial charge in [0, 0.05) is 13.2 Å². The molecule has 2 aromatic rings. The Kier molecular flexibility index (Phi) is 6.12. The van der Waals surface area contributed by atoms with Crippen molar-refractivity contribution in [3.63, 3.8) is 0 Å². The van der Waals surface area contributed by atoms with Crippen molar-refractivity contribution in [1.82, 2.24) is 4.90 Å². The van der Waals surface area contributed by atoms with Crippen LogP contribution < -0.4 is 4.74 Å². The number of ketones is 1. The summed E-state index contributed by atoms with van der Waals surface area (Å²) < 4.78 is 5.32. The second-order valence-corrected chi connectivity index (χ2v) is 8.25. The van der Waals surface area contributed by atoms with Gasteiger partial charge in [0.2, 0.25) is 0 Å². The van der Waals surface area contributed by atoms with Gasteiger partial charge in [-0.05, 0) is 79.4 Å². The van der Waals surface area contributed by atoms with E-state index < -0.39 is 0 Å². The number of carbonyl (C=O) groups excluding carboxylic acids is 1. The van der Waals surface area contributed by atoms with Gasteiger partial charge in [0.15, 0.2) is 5.78 Å². The van der Waals surface area contributed by atoms with Crippen LogP contribution in [0.25, 0.3) is 0 Å². The fourth-order valence-corrected chi connectivity index (χ4v) is 4.50. The Morgan fingerprint density at radius 1 is 1.27 bits per heavy atom. The molecule has 1 aliphatic rings. The molecule has 5 heteroatoms. The van der Waals surface area contributed by atoms with Crippen LogP contribution in [0.5, 0.6) is 5.75 Å². The molecule has 1 aromatic carbocycles. The number of benzene rings is 1. The molecule has 0 aliphatic carbocycles. The van der Waals surface area contributed by atoms with Crippen LogP contribution in [0.3, 0.4) is 0 Å². The summed E-state index contributed by atoms with van der Waals surface area (Å²) in [6, 6.07) is 10.2. The highest BCUT2D eigenvalue weighted by molar-refractivity contribution is 7.12. The number of nitrogens with zero attached hydrogens (tertiary/aromatic N) is 1. The number of methoxy groups -OCH3 is 1. The van der Waals surface area contributed by atoms with Gasteiger partial charge >= 0.3 is 0 Å². The molecule has 140 valence electrons. The standard InChI is InChI=1S/C21H27NO3S/c1-16(24)20-11-18(14-26-20)13-22-8-6-21(15-23,7-9-22)12-17-4-3-5-19(10-17)25-2/h3-5,10-11,14,23H,6-9,12-13,15H2,1-2H3. The van der Waals surface area contributed by atoms with Crippen molar-refractivity contribution in [3.8, 4) is 5.75 Å². The molecule has 0 amide bonds. The predicted molar refractivity (Wildman–Crippen MR) is 105 cm³/mol. The second kappa shape index (κ2) is 8.33. The summed E-state index contributed by atoms with van der Waals surface area (Å²) in [7, 11) is 1.68. The van der Waals surface area contributed by atoms with Gasteiger partial charge in [-0.3, -0.25) is 9.69 Å². The van der Waals surface area contributed by atoms with Gasteiger partial charge in [-0.25, -0.2) is 0 Å². The van der Waals surface area contributed by atoms with Crippen LogP contribution in [-0.4, -0.2) is 42.6 Å². The molecule has 1 fully saturated rings. The third kappa shape index (κ3) is 4.53. The maximum Gasteiger partial charge on any atom is 0.169 e. The van der Waals surface area contributed by atoms with E-state index in [0.717, 1.165) is 49.5 Å². The molecular formula is C21H27NO3S. The van der Waals surface area contributed by atoms with Crippen molar-refractivity contribution in [1.29, 1.82) is 0 Å². The summed E-state index contributed by atoms with van der Waals surface area (Å²) in [6.07, 6.45) is 2.83. The highest BCUT2D eigenvalue weighted by Gasteiger charge is 2.34. The zero-order valence-electron chi connectivity index (χ0n) is 15.5. The SMILES string of the molecule is COc1cccc(CC2(CO)CCN(Cc3csc(C(C)=O)c3)CC2)c1.